The van der Waals surface area contributed by atoms with Gasteiger partial charge in [-0.1, -0.05) is 0 Å². The Kier molecular flexibility index (Phi) is 3.53. The maximum Gasteiger partial charge on any atom is 0.307 e. The van der Waals surface area contributed by atoms with E-state index >= 15 is 0 Å². The van der Waals surface area contributed by atoms with Crippen LogP contribution in [0.15, 0.2) is 18.2 Å². The molecule has 2 aromatic rings. The summed E-state index contributed by atoms with van der Waals surface area (Å²) in [6.07, 6.45) is -0.157. The van der Waals surface area contributed by atoms with Crippen molar-refractivity contribution >= 4 is 5.97 Å². The molecule has 1 aromatic carbocycles. The molecule has 102 valence electrons. The molecule has 2 rings (SSSR count). The molecule has 0 saturated heterocycles. The van der Waals surface area contributed by atoms with Crippen LogP contribution in [0.1, 0.15) is 22.5 Å². The third kappa shape index (κ3) is 2.38. The smallest absolute Gasteiger partial charge is 0.307 e. The lowest BCUT2D eigenvalue weighted by atomic mass is 10.1. The van der Waals surface area contributed by atoms with Crippen molar-refractivity contribution in [1.82, 2.24) is 9.78 Å². The Morgan fingerprint density at radius 2 is 2.20 bits per heavy atom. The van der Waals surface area contributed by atoms with Crippen molar-refractivity contribution in [2.75, 3.05) is 0 Å². The maximum atomic E-state index is 14.0. The quantitative estimate of drug-likeness (QED) is 0.929. The van der Waals surface area contributed by atoms with Gasteiger partial charge in [0.05, 0.1) is 23.7 Å². The number of carbonyl (C=O) groups is 1. The SMILES string of the molecule is Cc1nn(-c2ccc(C#N)cc2F)c(C)c1CC(=O)O. The first-order chi connectivity index (χ1) is 9.43. The number of hydrogen-bond acceptors (Lipinski definition) is 3. The van der Waals surface area contributed by atoms with Crippen LogP contribution in [0.3, 0.4) is 0 Å². The Labute approximate surface area is 114 Å². The first-order valence-corrected chi connectivity index (χ1v) is 5.91. The molecule has 1 heterocycles. The minimum absolute atomic E-state index is 0.157. The van der Waals surface area contributed by atoms with Crippen LogP contribution in [0.5, 0.6) is 0 Å². The lowest BCUT2D eigenvalue weighted by Crippen LogP contribution is -2.05. The lowest BCUT2D eigenvalue weighted by molar-refractivity contribution is -0.136. The second-order valence-corrected chi connectivity index (χ2v) is 4.41. The molecule has 0 aliphatic rings. The Bertz CT molecular complexity index is 729. The molecule has 0 bridgehead atoms. The third-order valence-electron chi connectivity index (χ3n) is 3.07. The van der Waals surface area contributed by atoms with Gasteiger partial charge in [-0.2, -0.15) is 10.4 Å². The van der Waals surface area contributed by atoms with Crippen LogP contribution in [0.25, 0.3) is 5.69 Å². The second kappa shape index (κ2) is 5.13. The zero-order valence-corrected chi connectivity index (χ0v) is 11.0. The minimum atomic E-state index is -0.962. The van der Waals surface area contributed by atoms with E-state index < -0.39 is 11.8 Å². The summed E-state index contributed by atoms with van der Waals surface area (Å²) >= 11 is 0. The summed E-state index contributed by atoms with van der Waals surface area (Å²) in [5, 5.41) is 21.8. The molecule has 0 spiro atoms. The van der Waals surface area contributed by atoms with Crippen molar-refractivity contribution in [1.29, 1.82) is 5.26 Å². The normalized spacial score (nSPS) is 10.3. The van der Waals surface area contributed by atoms with Crippen LogP contribution < -0.4 is 0 Å². The summed E-state index contributed by atoms with van der Waals surface area (Å²) in [5.41, 5.74) is 2.11. The van der Waals surface area contributed by atoms with E-state index in [1.54, 1.807) is 13.8 Å². The standard InChI is InChI=1S/C14H12FN3O2/c1-8-11(6-14(19)20)9(2)18(17-8)13-4-3-10(7-16)5-12(13)15/h3-5H,6H2,1-2H3,(H,19,20). The summed E-state index contributed by atoms with van der Waals surface area (Å²) in [7, 11) is 0. The van der Waals surface area contributed by atoms with Crippen molar-refractivity contribution < 1.29 is 14.3 Å². The number of aliphatic carboxylic acids is 1. The van der Waals surface area contributed by atoms with Crippen molar-refractivity contribution in [2.24, 2.45) is 0 Å². The fourth-order valence-electron chi connectivity index (χ4n) is 2.06. The van der Waals surface area contributed by atoms with Crippen molar-refractivity contribution in [2.45, 2.75) is 20.3 Å². The number of benzene rings is 1. The largest absolute Gasteiger partial charge is 0.481 e. The minimum Gasteiger partial charge on any atom is -0.481 e. The van der Waals surface area contributed by atoms with E-state index in [0.717, 1.165) is 6.07 Å². The molecule has 0 aliphatic heterocycles. The van der Waals surface area contributed by atoms with Gasteiger partial charge in [0, 0.05) is 11.3 Å². The van der Waals surface area contributed by atoms with Gasteiger partial charge < -0.3 is 5.11 Å². The number of rotatable bonds is 3. The van der Waals surface area contributed by atoms with Crippen molar-refractivity contribution in [3.05, 3.63) is 46.5 Å². The van der Waals surface area contributed by atoms with Crippen LogP contribution in [0, 0.1) is 31.0 Å². The Hall–Kier alpha value is -2.68. The van der Waals surface area contributed by atoms with E-state index in [-0.39, 0.29) is 17.7 Å². The maximum absolute atomic E-state index is 14.0. The predicted octanol–water partition coefficient (Wildman–Crippen LogP) is 2.13. The average molecular weight is 273 g/mol. The molecule has 0 fully saturated rings. The predicted molar refractivity (Wildman–Crippen MR) is 69.1 cm³/mol. The molecule has 0 aliphatic carbocycles. The van der Waals surface area contributed by atoms with E-state index in [0.29, 0.717) is 17.0 Å². The van der Waals surface area contributed by atoms with Gasteiger partial charge in [0.15, 0.2) is 0 Å². The summed E-state index contributed by atoms with van der Waals surface area (Å²) in [4.78, 5) is 10.8. The number of nitriles is 1. The van der Waals surface area contributed by atoms with Crippen LogP contribution in [-0.4, -0.2) is 20.9 Å². The summed E-state index contributed by atoms with van der Waals surface area (Å²) in [5.74, 6) is -1.53. The molecule has 0 unspecified atom stereocenters. The number of aryl methyl sites for hydroxylation is 1. The number of nitrogens with zero attached hydrogens (tertiary/aromatic N) is 3. The highest BCUT2D eigenvalue weighted by atomic mass is 19.1. The van der Waals surface area contributed by atoms with Gasteiger partial charge in [-0.3, -0.25) is 4.79 Å². The van der Waals surface area contributed by atoms with Gasteiger partial charge in [-0.05, 0) is 32.0 Å². The molecule has 6 heteroatoms. The monoisotopic (exact) mass is 273 g/mol. The van der Waals surface area contributed by atoms with E-state index in [1.807, 2.05) is 6.07 Å². The highest BCUT2D eigenvalue weighted by molar-refractivity contribution is 5.71. The zero-order chi connectivity index (χ0) is 14.9. The fraction of sp³-hybridized carbons (Fsp3) is 0.214. The fourth-order valence-corrected chi connectivity index (χ4v) is 2.06. The average Bonchev–Trinajstić information content (AvgIpc) is 2.66. The third-order valence-corrected chi connectivity index (χ3v) is 3.07. The molecule has 5 nitrogen and oxygen atoms in total. The summed E-state index contributed by atoms with van der Waals surface area (Å²) in [6, 6.07) is 5.93. The van der Waals surface area contributed by atoms with Crippen molar-refractivity contribution in [3.63, 3.8) is 0 Å². The molecule has 0 saturated carbocycles. The van der Waals surface area contributed by atoms with E-state index in [1.165, 1.54) is 16.8 Å². The molecular formula is C14H12FN3O2. The lowest BCUT2D eigenvalue weighted by Gasteiger charge is -2.06. The number of carboxylic acids is 1. The number of aromatic nitrogens is 2. The zero-order valence-electron chi connectivity index (χ0n) is 11.0. The van der Waals surface area contributed by atoms with E-state index in [4.69, 9.17) is 10.4 Å². The molecule has 0 atom stereocenters. The van der Waals surface area contributed by atoms with Gasteiger partial charge in [0.2, 0.25) is 0 Å². The summed E-state index contributed by atoms with van der Waals surface area (Å²) < 4.78 is 15.3. The number of carboxylic acid groups (broad SMARTS) is 1. The second-order valence-electron chi connectivity index (χ2n) is 4.41. The van der Waals surface area contributed by atoms with E-state index in [2.05, 4.69) is 5.10 Å². The highest BCUT2D eigenvalue weighted by Gasteiger charge is 2.17. The van der Waals surface area contributed by atoms with Crippen molar-refractivity contribution in [3.8, 4) is 11.8 Å². The van der Waals surface area contributed by atoms with E-state index in [9.17, 15) is 9.18 Å². The van der Waals surface area contributed by atoms with Crippen LogP contribution in [-0.2, 0) is 11.2 Å². The topological polar surface area (TPSA) is 78.9 Å². The number of halogens is 1. The van der Waals surface area contributed by atoms with Gasteiger partial charge in [-0.15, -0.1) is 0 Å². The Morgan fingerprint density at radius 1 is 1.50 bits per heavy atom. The van der Waals surface area contributed by atoms with Gasteiger partial charge in [-0.25, -0.2) is 9.07 Å². The first-order valence-electron chi connectivity index (χ1n) is 5.91. The molecule has 20 heavy (non-hydrogen) atoms. The van der Waals surface area contributed by atoms with Crippen LogP contribution in [0.2, 0.25) is 0 Å². The van der Waals surface area contributed by atoms with Gasteiger partial charge in [0.1, 0.15) is 11.5 Å². The Morgan fingerprint density at radius 3 is 2.75 bits per heavy atom. The molecular weight excluding hydrogens is 261 g/mol. The molecule has 1 aromatic heterocycles. The highest BCUT2D eigenvalue weighted by Crippen LogP contribution is 2.21. The summed E-state index contributed by atoms with van der Waals surface area (Å²) in [6.45, 7) is 3.37. The molecule has 1 N–H and O–H groups in total. The molecule has 0 radical (unpaired) electrons. The number of hydrogen-bond donors (Lipinski definition) is 1. The van der Waals surface area contributed by atoms with Gasteiger partial charge in [0.25, 0.3) is 0 Å². The van der Waals surface area contributed by atoms with Crippen LogP contribution in [0.4, 0.5) is 4.39 Å². The first kappa shape index (κ1) is 13.7. The van der Waals surface area contributed by atoms with Gasteiger partial charge >= 0.3 is 5.97 Å². The Balaban J connectivity index is 2.54. The van der Waals surface area contributed by atoms with Crippen LogP contribution >= 0.6 is 0 Å². The molecule has 0 amide bonds.